The third kappa shape index (κ3) is 3.92. The molecule has 0 aromatic heterocycles. The van der Waals surface area contributed by atoms with Gasteiger partial charge in [-0.3, -0.25) is 4.79 Å². The van der Waals surface area contributed by atoms with Crippen molar-refractivity contribution in [2.45, 2.75) is 12.5 Å². The molecule has 0 spiro atoms. The van der Waals surface area contributed by atoms with Gasteiger partial charge in [0, 0.05) is 0 Å². The zero-order chi connectivity index (χ0) is 8.97. The van der Waals surface area contributed by atoms with Crippen LogP contribution in [0.3, 0.4) is 0 Å². The van der Waals surface area contributed by atoms with E-state index in [1.165, 1.54) is 0 Å². The van der Waals surface area contributed by atoms with Crippen molar-refractivity contribution in [1.82, 2.24) is 0 Å². The van der Waals surface area contributed by atoms with E-state index in [1.54, 1.807) is 0 Å². The Labute approximate surface area is 83.0 Å². The van der Waals surface area contributed by atoms with E-state index in [1.807, 2.05) is 30.3 Å². The molecule has 0 saturated heterocycles. The second kappa shape index (κ2) is 5.56. The van der Waals surface area contributed by atoms with Crippen molar-refractivity contribution in [2.75, 3.05) is 0 Å². The van der Waals surface area contributed by atoms with E-state index in [4.69, 9.17) is 10.8 Å². The lowest BCUT2D eigenvalue weighted by Gasteiger charge is -2.04. The van der Waals surface area contributed by atoms with Crippen LogP contribution in [0.15, 0.2) is 30.3 Å². The highest BCUT2D eigenvalue weighted by Gasteiger charge is 2.10. The number of rotatable bonds is 3. The van der Waals surface area contributed by atoms with Crippen molar-refractivity contribution in [3.63, 3.8) is 0 Å². The summed E-state index contributed by atoms with van der Waals surface area (Å²) in [5, 5.41) is 8.52. The van der Waals surface area contributed by atoms with Crippen LogP contribution in [0.1, 0.15) is 5.56 Å². The fourth-order valence-electron chi connectivity index (χ4n) is 0.955. The zero-order valence-corrected chi connectivity index (χ0v) is 7.83. The maximum Gasteiger partial charge on any atom is 0.320 e. The number of hydrogen-bond donors (Lipinski definition) is 2. The summed E-state index contributed by atoms with van der Waals surface area (Å²) in [6.07, 6.45) is 0.385. The van der Waals surface area contributed by atoms with Gasteiger partial charge in [0.25, 0.3) is 0 Å². The molecule has 0 saturated carbocycles. The van der Waals surface area contributed by atoms with E-state index < -0.39 is 12.0 Å². The summed E-state index contributed by atoms with van der Waals surface area (Å²) >= 11 is 0. The summed E-state index contributed by atoms with van der Waals surface area (Å²) in [6, 6.07) is 8.54. The first kappa shape index (κ1) is 11.9. The third-order valence-electron chi connectivity index (χ3n) is 1.62. The molecule has 0 heterocycles. The summed E-state index contributed by atoms with van der Waals surface area (Å²) in [5.74, 6) is -0.959. The monoisotopic (exact) mass is 201 g/mol. The lowest BCUT2D eigenvalue weighted by Crippen LogP contribution is -2.32. The average Bonchev–Trinajstić information content (AvgIpc) is 2.06. The average molecular weight is 202 g/mol. The summed E-state index contributed by atoms with van der Waals surface area (Å²) in [5.41, 5.74) is 6.30. The molecular formula is C9H12ClNO2. The van der Waals surface area contributed by atoms with E-state index in [-0.39, 0.29) is 12.4 Å². The summed E-state index contributed by atoms with van der Waals surface area (Å²) < 4.78 is 0. The zero-order valence-electron chi connectivity index (χ0n) is 7.01. The molecular weight excluding hydrogens is 190 g/mol. The molecule has 1 atom stereocenters. The van der Waals surface area contributed by atoms with Crippen LogP contribution in [0.4, 0.5) is 0 Å². The molecule has 0 radical (unpaired) electrons. The smallest absolute Gasteiger partial charge is 0.320 e. The number of nitrogens with two attached hydrogens (primary N) is 1. The molecule has 0 amide bonds. The van der Waals surface area contributed by atoms with Gasteiger partial charge in [-0.2, -0.15) is 0 Å². The highest BCUT2D eigenvalue weighted by Crippen LogP contribution is 2.01. The molecule has 3 nitrogen and oxygen atoms in total. The summed E-state index contributed by atoms with van der Waals surface area (Å²) in [4.78, 5) is 10.4. The second-order valence-corrected chi connectivity index (χ2v) is 2.63. The molecule has 13 heavy (non-hydrogen) atoms. The number of carboxylic acid groups (broad SMARTS) is 1. The highest BCUT2D eigenvalue weighted by atomic mass is 35.5. The highest BCUT2D eigenvalue weighted by molar-refractivity contribution is 5.85. The molecule has 72 valence electrons. The Morgan fingerprint density at radius 1 is 1.38 bits per heavy atom. The summed E-state index contributed by atoms with van der Waals surface area (Å²) in [7, 11) is 0. The van der Waals surface area contributed by atoms with Gasteiger partial charge in [0.15, 0.2) is 0 Å². The molecule has 0 bridgehead atoms. The van der Waals surface area contributed by atoms with Crippen LogP contribution in [0, 0.1) is 0 Å². The molecule has 1 aromatic carbocycles. The van der Waals surface area contributed by atoms with Gasteiger partial charge in [0.05, 0.1) is 0 Å². The van der Waals surface area contributed by atoms with Crippen LogP contribution in [0.25, 0.3) is 0 Å². The Kier molecular flexibility index (Phi) is 5.11. The van der Waals surface area contributed by atoms with Crippen molar-refractivity contribution in [3.8, 4) is 0 Å². The largest absolute Gasteiger partial charge is 0.480 e. The lowest BCUT2D eigenvalue weighted by molar-refractivity contribution is -0.138. The van der Waals surface area contributed by atoms with Gasteiger partial charge >= 0.3 is 5.97 Å². The minimum Gasteiger partial charge on any atom is -0.480 e. The van der Waals surface area contributed by atoms with Crippen LogP contribution in [0.2, 0.25) is 0 Å². The van der Waals surface area contributed by atoms with E-state index in [9.17, 15) is 4.79 Å². The normalized spacial score (nSPS) is 11.5. The first-order chi connectivity index (χ1) is 5.70. The molecule has 3 N–H and O–H groups in total. The maximum absolute atomic E-state index is 10.4. The fourth-order valence-corrected chi connectivity index (χ4v) is 0.955. The number of carboxylic acids is 1. The number of aliphatic carboxylic acids is 1. The Morgan fingerprint density at radius 3 is 2.38 bits per heavy atom. The van der Waals surface area contributed by atoms with Gasteiger partial charge < -0.3 is 10.8 Å². The van der Waals surface area contributed by atoms with Crippen molar-refractivity contribution in [1.29, 1.82) is 0 Å². The number of carbonyl (C=O) groups is 1. The van der Waals surface area contributed by atoms with Crippen LogP contribution in [-0.4, -0.2) is 17.1 Å². The second-order valence-electron chi connectivity index (χ2n) is 2.63. The minimum atomic E-state index is -0.959. The standard InChI is InChI=1S/C9H11NO2.ClH/c10-8(9(11)12)6-7-4-2-1-3-5-7;/h1-5,8H,6,10H2,(H,11,12);1H. The van der Waals surface area contributed by atoms with Crippen LogP contribution in [0.5, 0.6) is 0 Å². The van der Waals surface area contributed by atoms with E-state index in [0.29, 0.717) is 6.42 Å². The minimum absolute atomic E-state index is 0. The van der Waals surface area contributed by atoms with Gasteiger partial charge in [-0.1, -0.05) is 30.3 Å². The molecule has 1 rings (SSSR count). The molecule has 4 heteroatoms. The number of halogens is 1. The van der Waals surface area contributed by atoms with E-state index >= 15 is 0 Å². The Morgan fingerprint density at radius 2 is 1.92 bits per heavy atom. The third-order valence-corrected chi connectivity index (χ3v) is 1.62. The van der Waals surface area contributed by atoms with Crippen LogP contribution in [-0.2, 0) is 11.2 Å². The van der Waals surface area contributed by atoms with Gasteiger partial charge in [-0.25, -0.2) is 0 Å². The molecule has 0 fully saturated rings. The summed E-state index contributed by atoms with van der Waals surface area (Å²) in [6.45, 7) is 0. The maximum atomic E-state index is 10.4. The lowest BCUT2D eigenvalue weighted by atomic mass is 10.1. The topological polar surface area (TPSA) is 63.3 Å². The van der Waals surface area contributed by atoms with E-state index in [0.717, 1.165) is 5.56 Å². The van der Waals surface area contributed by atoms with Crippen LogP contribution < -0.4 is 5.73 Å². The first-order valence-corrected chi connectivity index (χ1v) is 3.72. The van der Waals surface area contributed by atoms with Crippen LogP contribution >= 0.6 is 12.4 Å². The van der Waals surface area contributed by atoms with Crippen molar-refractivity contribution in [3.05, 3.63) is 35.9 Å². The predicted molar refractivity (Wildman–Crippen MR) is 53.0 cm³/mol. The van der Waals surface area contributed by atoms with E-state index in [2.05, 4.69) is 0 Å². The first-order valence-electron chi connectivity index (χ1n) is 3.72. The molecule has 0 aliphatic carbocycles. The number of benzene rings is 1. The van der Waals surface area contributed by atoms with Gasteiger partial charge in [0.1, 0.15) is 6.04 Å². The fraction of sp³-hybridized carbons (Fsp3) is 0.222. The SMILES string of the molecule is Cl.NC(Cc1ccccc1)C(=O)O. The van der Waals surface area contributed by atoms with Crippen molar-refractivity contribution in [2.24, 2.45) is 5.73 Å². The molecule has 1 unspecified atom stereocenters. The Hall–Kier alpha value is -1.06. The van der Waals surface area contributed by atoms with Gasteiger partial charge in [-0.15, -0.1) is 12.4 Å². The van der Waals surface area contributed by atoms with Gasteiger partial charge in [0.2, 0.25) is 0 Å². The van der Waals surface area contributed by atoms with Crippen molar-refractivity contribution >= 4 is 18.4 Å². The molecule has 1 aromatic rings. The van der Waals surface area contributed by atoms with Gasteiger partial charge in [-0.05, 0) is 12.0 Å². The quantitative estimate of drug-likeness (QED) is 0.769. The molecule has 0 aliphatic rings. The number of hydrogen-bond acceptors (Lipinski definition) is 2. The molecule has 0 aliphatic heterocycles. The Bertz CT molecular complexity index is 264. The predicted octanol–water partition coefficient (Wildman–Crippen LogP) is 1.06. The van der Waals surface area contributed by atoms with Crippen molar-refractivity contribution < 1.29 is 9.90 Å². The Balaban J connectivity index is 0.00000144.